The smallest absolute Gasteiger partial charge is 0.253 e. The lowest BCUT2D eigenvalue weighted by atomic mass is 10.2. The van der Waals surface area contributed by atoms with Gasteiger partial charge in [0.05, 0.1) is 5.56 Å². The first-order valence-corrected chi connectivity index (χ1v) is 7.13. The predicted molar refractivity (Wildman–Crippen MR) is 83.2 cm³/mol. The van der Waals surface area contributed by atoms with E-state index in [0.717, 1.165) is 24.5 Å². The molecule has 0 saturated heterocycles. The molecule has 1 amide bonds. The second kappa shape index (κ2) is 7.38. The predicted octanol–water partition coefficient (Wildman–Crippen LogP) is 2.25. The summed E-state index contributed by atoms with van der Waals surface area (Å²) in [6, 6.07) is 7.37. The van der Waals surface area contributed by atoms with Crippen LogP contribution in [0.25, 0.3) is 0 Å². The van der Waals surface area contributed by atoms with Crippen LogP contribution in [-0.4, -0.2) is 29.0 Å². The molecule has 0 aliphatic carbocycles. The molecule has 2 aromatic heterocycles. The Hall–Kier alpha value is -2.43. The second-order valence-corrected chi connectivity index (χ2v) is 4.58. The summed E-state index contributed by atoms with van der Waals surface area (Å²) in [5.41, 5.74) is 1.57. The van der Waals surface area contributed by atoms with Crippen molar-refractivity contribution in [3.8, 4) is 0 Å². The van der Waals surface area contributed by atoms with Gasteiger partial charge in [0, 0.05) is 43.8 Å². The van der Waals surface area contributed by atoms with E-state index in [1.54, 1.807) is 30.7 Å². The van der Waals surface area contributed by atoms with Crippen molar-refractivity contribution in [3.63, 3.8) is 0 Å². The van der Waals surface area contributed by atoms with Crippen LogP contribution in [-0.2, 0) is 6.54 Å². The van der Waals surface area contributed by atoms with E-state index in [9.17, 15) is 4.79 Å². The van der Waals surface area contributed by atoms with E-state index in [2.05, 4.69) is 34.0 Å². The fraction of sp³-hybridized carbons (Fsp3) is 0.312. The quantitative estimate of drug-likeness (QED) is 0.884. The molecule has 0 unspecified atom stereocenters. The topological polar surface area (TPSA) is 58.1 Å². The van der Waals surface area contributed by atoms with Gasteiger partial charge in [0.15, 0.2) is 0 Å². The zero-order valence-corrected chi connectivity index (χ0v) is 12.4. The van der Waals surface area contributed by atoms with Crippen LogP contribution < -0.4 is 10.2 Å². The Labute approximate surface area is 125 Å². The van der Waals surface area contributed by atoms with Gasteiger partial charge in [-0.2, -0.15) is 0 Å². The number of anilines is 1. The zero-order chi connectivity index (χ0) is 15.1. The number of amides is 1. The first-order valence-electron chi connectivity index (χ1n) is 7.13. The number of nitrogens with one attached hydrogen (secondary N) is 1. The van der Waals surface area contributed by atoms with Crippen LogP contribution in [0.3, 0.4) is 0 Å². The number of nitrogens with zero attached hydrogens (tertiary/aromatic N) is 3. The van der Waals surface area contributed by atoms with E-state index in [1.165, 1.54) is 0 Å². The van der Waals surface area contributed by atoms with Crippen molar-refractivity contribution >= 4 is 11.7 Å². The molecule has 2 aromatic rings. The number of pyridine rings is 2. The number of hydrogen-bond donors (Lipinski definition) is 1. The van der Waals surface area contributed by atoms with Crippen LogP contribution >= 0.6 is 0 Å². The molecule has 0 fully saturated rings. The summed E-state index contributed by atoms with van der Waals surface area (Å²) in [6.45, 7) is 6.41. The molecule has 2 heterocycles. The highest BCUT2D eigenvalue weighted by Gasteiger charge is 2.11. The summed E-state index contributed by atoms with van der Waals surface area (Å²) in [4.78, 5) is 22.6. The third-order valence-corrected chi connectivity index (χ3v) is 3.29. The number of aromatic nitrogens is 2. The Morgan fingerprint density at radius 3 is 2.62 bits per heavy atom. The summed E-state index contributed by atoms with van der Waals surface area (Å²) >= 11 is 0. The molecule has 2 rings (SSSR count). The molecule has 0 aliphatic rings. The zero-order valence-electron chi connectivity index (χ0n) is 12.4. The van der Waals surface area contributed by atoms with E-state index in [4.69, 9.17) is 0 Å². The molecule has 110 valence electrons. The van der Waals surface area contributed by atoms with Crippen molar-refractivity contribution in [1.29, 1.82) is 0 Å². The van der Waals surface area contributed by atoms with Crippen molar-refractivity contribution in [2.45, 2.75) is 20.4 Å². The van der Waals surface area contributed by atoms with Crippen molar-refractivity contribution in [1.82, 2.24) is 15.3 Å². The van der Waals surface area contributed by atoms with Gasteiger partial charge in [0.1, 0.15) is 5.82 Å². The summed E-state index contributed by atoms with van der Waals surface area (Å²) in [5, 5.41) is 2.91. The Morgan fingerprint density at radius 1 is 1.19 bits per heavy atom. The third-order valence-electron chi connectivity index (χ3n) is 3.29. The molecule has 5 heteroatoms. The van der Waals surface area contributed by atoms with Gasteiger partial charge in [-0.15, -0.1) is 0 Å². The number of hydrogen-bond acceptors (Lipinski definition) is 4. The van der Waals surface area contributed by atoms with Crippen molar-refractivity contribution in [2.24, 2.45) is 0 Å². The van der Waals surface area contributed by atoms with E-state index in [0.29, 0.717) is 12.1 Å². The largest absolute Gasteiger partial charge is 0.357 e. The lowest BCUT2D eigenvalue weighted by Gasteiger charge is -2.22. The average Bonchev–Trinajstić information content (AvgIpc) is 2.55. The highest BCUT2D eigenvalue weighted by atomic mass is 16.1. The Bertz CT molecular complexity index is 582. The number of rotatable bonds is 6. The summed E-state index contributed by atoms with van der Waals surface area (Å²) in [5.74, 6) is 0.798. The van der Waals surface area contributed by atoms with E-state index in [1.807, 2.05) is 12.1 Å². The minimum Gasteiger partial charge on any atom is -0.357 e. The fourth-order valence-electron chi connectivity index (χ4n) is 2.15. The maximum atomic E-state index is 12.1. The number of carbonyl (C=O) groups is 1. The molecule has 0 aromatic carbocycles. The van der Waals surface area contributed by atoms with Gasteiger partial charge in [-0.1, -0.05) is 6.07 Å². The number of carbonyl (C=O) groups excluding carboxylic acids is 1. The molecule has 0 aliphatic heterocycles. The molecule has 0 atom stereocenters. The minimum atomic E-state index is -0.127. The normalized spacial score (nSPS) is 10.2. The van der Waals surface area contributed by atoms with E-state index >= 15 is 0 Å². The van der Waals surface area contributed by atoms with Gasteiger partial charge in [-0.3, -0.25) is 9.78 Å². The van der Waals surface area contributed by atoms with Gasteiger partial charge in [-0.05, 0) is 32.0 Å². The molecule has 0 radical (unpaired) electrons. The monoisotopic (exact) mass is 284 g/mol. The molecule has 21 heavy (non-hydrogen) atoms. The molecular weight excluding hydrogens is 264 g/mol. The lowest BCUT2D eigenvalue weighted by Crippen LogP contribution is -2.27. The maximum absolute atomic E-state index is 12.1. The van der Waals surface area contributed by atoms with Crippen LogP contribution in [0.2, 0.25) is 0 Å². The SMILES string of the molecule is CCN(CC)c1ncccc1CNC(=O)c1cccnc1. The summed E-state index contributed by atoms with van der Waals surface area (Å²) in [7, 11) is 0. The molecule has 0 spiro atoms. The minimum absolute atomic E-state index is 0.127. The maximum Gasteiger partial charge on any atom is 0.253 e. The van der Waals surface area contributed by atoms with E-state index < -0.39 is 0 Å². The fourth-order valence-corrected chi connectivity index (χ4v) is 2.15. The first-order chi connectivity index (χ1) is 10.3. The molecule has 0 saturated carbocycles. The third kappa shape index (κ3) is 3.78. The lowest BCUT2D eigenvalue weighted by molar-refractivity contribution is 0.0950. The van der Waals surface area contributed by atoms with Gasteiger partial charge < -0.3 is 10.2 Å². The molecule has 0 bridgehead atoms. The summed E-state index contributed by atoms with van der Waals surface area (Å²) in [6.07, 6.45) is 4.99. The van der Waals surface area contributed by atoms with Crippen molar-refractivity contribution in [2.75, 3.05) is 18.0 Å². The first kappa shape index (κ1) is 15.0. The van der Waals surface area contributed by atoms with Gasteiger partial charge in [0.25, 0.3) is 5.91 Å². The highest BCUT2D eigenvalue weighted by Crippen LogP contribution is 2.16. The average molecular weight is 284 g/mol. The summed E-state index contributed by atoms with van der Waals surface area (Å²) < 4.78 is 0. The van der Waals surface area contributed by atoms with Crippen LogP contribution in [0.4, 0.5) is 5.82 Å². The van der Waals surface area contributed by atoms with Crippen molar-refractivity contribution < 1.29 is 4.79 Å². The van der Waals surface area contributed by atoms with Gasteiger partial charge in [-0.25, -0.2) is 4.98 Å². The van der Waals surface area contributed by atoms with Crippen LogP contribution in [0.1, 0.15) is 29.8 Å². The van der Waals surface area contributed by atoms with Crippen molar-refractivity contribution in [3.05, 3.63) is 54.0 Å². The standard InChI is InChI=1S/C16H20N4O/c1-3-20(4-2)15-13(7-6-10-18-15)12-19-16(21)14-8-5-9-17-11-14/h5-11H,3-4,12H2,1-2H3,(H,19,21). The van der Waals surface area contributed by atoms with Gasteiger partial charge in [0.2, 0.25) is 0 Å². The highest BCUT2D eigenvalue weighted by molar-refractivity contribution is 5.93. The Kier molecular flexibility index (Phi) is 5.26. The molecular formula is C16H20N4O. The van der Waals surface area contributed by atoms with Gasteiger partial charge >= 0.3 is 0 Å². The van der Waals surface area contributed by atoms with Crippen LogP contribution in [0.15, 0.2) is 42.9 Å². The Morgan fingerprint density at radius 2 is 1.95 bits per heavy atom. The second-order valence-electron chi connectivity index (χ2n) is 4.58. The van der Waals surface area contributed by atoms with E-state index in [-0.39, 0.29) is 5.91 Å². The van der Waals surface area contributed by atoms with Crippen LogP contribution in [0.5, 0.6) is 0 Å². The Balaban J connectivity index is 2.08. The molecule has 1 N–H and O–H groups in total. The molecule has 5 nitrogen and oxygen atoms in total. The van der Waals surface area contributed by atoms with Crippen LogP contribution in [0, 0.1) is 0 Å².